The van der Waals surface area contributed by atoms with Gasteiger partial charge in [-0.25, -0.2) is 0 Å². The summed E-state index contributed by atoms with van der Waals surface area (Å²) in [6.07, 6.45) is 2.17. The minimum absolute atomic E-state index is 0.347. The lowest BCUT2D eigenvalue weighted by atomic mass is 10.0. The Morgan fingerprint density at radius 3 is 2.29 bits per heavy atom. The Hall–Kier alpha value is -1.12. The SMILES string of the molecule is CCc1ccc(C(C)NC(CC)c2cccc(Br)c2)cc1. The maximum Gasteiger partial charge on any atom is 0.0323 e. The molecule has 112 valence electrons. The Morgan fingerprint density at radius 2 is 1.71 bits per heavy atom. The molecule has 2 atom stereocenters. The molecule has 0 aromatic heterocycles. The topological polar surface area (TPSA) is 12.0 Å². The summed E-state index contributed by atoms with van der Waals surface area (Å²) in [4.78, 5) is 0. The van der Waals surface area contributed by atoms with Crippen LogP contribution in [0.3, 0.4) is 0 Å². The first-order chi connectivity index (χ1) is 10.1. The minimum Gasteiger partial charge on any atom is -0.303 e. The summed E-state index contributed by atoms with van der Waals surface area (Å²) in [5, 5.41) is 3.74. The second-order valence-electron chi connectivity index (χ2n) is 5.50. The van der Waals surface area contributed by atoms with Crippen LogP contribution < -0.4 is 5.32 Å². The summed E-state index contributed by atoms with van der Waals surface area (Å²) in [6.45, 7) is 6.66. The molecule has 2 heteroatoms. The van der Waals surface area contributed by atoms with Gasteiger partial charge in [0, 0.05) is 16.6 Å². The number of rotatable bonds is 6. The molecule has 2 rings (SSSR count). The van der Waals surface area contributed by atoms with Gasteiger partial charge in [-0.1, -0.05) is 66.2 Å². The fraction of sp³-hybridized carbons (Fsp3) is 0.368. The van der Waals surface area contributed by atoms with E-state index in [0.29, 0.717) is 12.1 Å². The Balaban J connectivity index is 2.10. The van der Waals surface area contributed by atoms with Gasteiger partial charge < -0.3 is 5.32 Å². The highest BCUT2D eigenvalue weighted by Gasteiger charge is 2.14. The summed E-state index contributed by atoms with van der Waals surface area (Å²) < 4.78 is 1.14. The largest absolute Gasteiger partial charge is 0.303 e. The first-order valence-corrected chi connectivity index (χ1v) is 8.53. The van der Waals surface area contributed by atoms with E-state index in [9.17, 15) is 0 Å². The minimum atomic E-state index is 0.347. The predicted molar refractivity (Wildman–Crippen MR) is 94.5 cm³/mol. The smallest absolute Gasteiger partial charge is 0.0323 e. The predicted octanol–water partition coefficient (Wildman–Crippen LogP) is 5.81. The Morgan fingerprint density at radius 1 is 1.00 bits per heavy atom. The average Bonchev–Trinajstić information content (AvgIpc) is 2.52. The lowest BCUT2D eigenvalue weighted by Gasteiger charge is -2.23. The molecule has 2 unspecified atom stereocenters. The van der Waals surface area contributed by atoms with E-state index in [1.54, 1.807) is 0 Å². The number of hydrogen-bond acceptors (Lipinski definition) is 1. The van der Waals surface area contributed by atoms with Crippen LogP contribution in [-0.4, -0.2) is 0 Å². The van der Waals surface area contributed by atoms with Crippen molar-refractivity contribution in [3.8, 4) is 0 Å². The number of nitrogens with one attached hydrogen (secondary N) is 1. The van der Waals surface area contributed by atoms with Crippen LogP contribution in [0.25, 0.3) is 0 Å². The molecule has 21 heavy (non-hydrogen) atoms. The van der Waals surface area contributed by atoms with Crippen molar-refractivity contribution >= 4 is 15.9 Å². The van der Waals surface area contributed by atoms with Crippen molar-refractivity contribution in [2.75, 3.05) is 0 Å². The summed E-state index contributed by atoms with van der Waals surface area (Å²) in [6, 6.07) is 18.2. The molecule has 0 aliphatic rings. The molecule has 0 saturated heterocycles. The fourth-order valence-corrected chi connectivity index (χ4v) is 3.03. The standard InChI is InChI=1S/C19H24BrN/c1-4-15-9-11-16(12-10-15)14(3)21-19(5-2)17-7-6-8-18(20)13-17/h6-14,19,21H,4-5H2,1-3H3. The highest BCUT2D eigenvalue weighted by Crippen LogP contribution is 2.24. The molecule has 0 heterocycles. The second kappa shape index (κ2) is 7.77. The monoisotopic (exact) mass is 345 g/mol. The number of hydrogen-bond donors (Lipinski definition) is 1. The van der Waals surface area contributed by atoms with Gasteiger partial charge in [0.2, 0.25) is 0 Å². The Kier molecular flexibility index (Phi) is 6.01. The molecular formula is C19H24BrN. The molecule has 0 aliphatic heterocycles. The van der Waals surface area contributed by atoms with Crippen LogP contribution in [0.1, 0.15) is 56.0 Å². The molecule has 1 nitrogen and oxygen atoms in total. The molecule has 0 spiro atoms. The van der Waals surface area contributed by atoms with E-state index < -0.39 is 0 Å². The van der Waals surface area contributed by atoms with Crippen LogP contribution in [0.15, 0.2) is 53.0 Å². The van der Waals surface area contributed by atoms with Crippen molar-refractivity contribution in [3.63, 3.8) is 0 Å². The van der Waals surface area contributed by atoms with Crippen LogP contribution in [0.5, 0.6) is 0 Å². The van der Waals surface area contributed by atoms with Gasteiger partial charge in [-0.3, -0.25) is 0 Å². The van der Waals surface area contributed by atoms with Crippen LogP contribution >= 0.6 is 15.9 Å². The van der Waals surface area contributed by atoms with E-state index in [-0.39, 0.29) is 0 Å². The van der Waals surface area contributed by atoms with E-state index in [1.807, 2.05) is 0 Å². The Labute approximate surface area is 136 Å². The maximum absolute atomic E-state index is 3.74. The van der Waals surface area contributed by atoms with E-state index >= 15 is 0 Å². The third-order valence-electron chi connectivity index (χ3n) is 4.00. The van der Waals surface area contributed by atoms with Crippen molar-refractivity contribution in [2.24, 2.45) is 0 Å². The number of halogens is 1. The van der Waals surface area contributed by atoms with Gasteiger partial charge in [-0.2, -0.15) is 0 Å². The summed E-state index contributed by atoms with van der Waals surface area (Å²) in [5.74, 6) is 0. The fourth-order valence-electron chi connectivity index (χ4n) is 2.61. The van der Waals surface area contributed by atoms with E-state index in [2.05, 4.69) is 90.5 Å². The van der Waals surface area contributed by atoms with Gasteiger partial charge in [-0.15, -0.1) is 0 Å². The van der Waals surface area contributed by atoms with Gasteiger partial charge in [0.25, 0.3) is 0 Å². The van der Waals surface area contributed by atoms with Crippen LogP contribution in [0, 0.1) is 0 Å². The summed E-state index contributed by atoms with van der Waals surface area (Å²) in [7, 11) is 0. The van der Waals surface area contributed by atoms with E-state index in [1.165, 1.54) is 16.7 Å². The van der Waals surface area contributed by atoms with Crippen molar-refractivity contribution in [3.05, 3.63) is 69.7 Å². The van der Waals surface area contributed by atoms with Crippen LogP contribution in [0.2, 0.25) is 0 Å². The lowest BCUT2D eigenvalue weighted by Crippen LogP contribution is -2.24. The van der Waals surface area contributed by atoms with Crippen LogP contribution in [0.4, 0.5) is 0 Å². The van der Waals surface area contributed by atoms with Crippen LogP contribution in [-0.2, 0) is 6.42 Å². The molecule has 2 aromatic carbocycles. The molecular weight excluding hydrogens is 322 g/mol. The third kappa shape index (κ3) is 4.42. The molecule has 0 saturated carbocycles. The first kappa shape index (κ1) is 16.3. The lowest BCUT2D eigenvalue weighted by molar-refractivity contribution is 0.456. The highest BCUT2D eigenvalue weighted by molar-refractivity contribution is 9.10. The van der Waals surface area contributed by atoms with Gasteiger partial charge in [0.1, 0.15) is 0 Å². The van der Waals surface area contributed by atoms with Gasteiger partial charge in [-0.05, 0) is 48.6 Å². The molecule has 0 amide bonds. The third-order valence-corrected chi connectivity index (χ3v) is 4.49. The van der Waals surface area contributed by atoms with Gasteiger partial charge >= 0.3 is 0 Å². The van der Waals surface area contributed by atoms with E-state index in [0.717, 1.165) is 17.3 Å². The second-order valence-corrected chi connectivity index (χ2v) is 6.42. The molecule has 0 radical (unpaired) electrons. The normalized spacial score (nSPS) is 13.9. The number of benzene rings is 2. The number of aryl methyl sites for hydroxylation is 1. The zero-order valence-electron chi connectivity index (χ0n) is 13.1. The molecule has 1 N–H and O–H groups in total. The zero-order chi connectivity index (χ0) is 15.2. The van der Waals surface area contributed by atoms with Gasteiger partial charge in [0.15, 0.2) is 0 Å². The molecule has 0 aliphatic carbocycles. The van der Waals surface area contributed by atoms with Crippen molar-refractivity contribution < 1.29 is 0 Å². The van der Waals surface area contributed by atoms with Crippen molar-refractivity contribution in [1.29, 1.82) is 0 Å². The molecule has 0 bridgehead atoms. The highest BCUT2D eigenvalue weighted by atomic mass is 79.9. The first-order valence-electron chi connectivity index (χ1n) is 7.74. The zero-order valence-corrected chi connectivity index (χ0v) is 14.7. The molecule has 0 fully saturated rings. The van der Waals surface area contributed by atoms with Crippen molar-refractivity contribution in [2.45, 2.75) is 45.7 Å². The van der Waals surface area contributed by atoms with E-state index in [4.69, 9.17) is 0 Å². The van der Waals surface area contributed by atoms with Gasteiger partial charge in [0.05, 0.1) is 0 Å². The summed E-state index contributed by atoms with van der Waals surface area (Å²) in [5.41, 5.74) is 4.08. The summed E-state index contributed by atoms with van der Waals surface area (Å²) >= 11 is 3.56. The van der Waals surface area contributed by atoms with Crippen molar-refractivity contribution in [1.82, 2.24) is 5.32 Å². The Bertz CT molecular complexity index is 562. The molecule has 2 aromatic rings. The quantitative estimate of drug-likeness (QED) is 0.696. The average molecular weight is 346 g/mol. The maximum atomic E-state index is 3.74.